The Kier molecular flexibility index (Phi) is 2.99. The zero-order chi connectivity index (χ0) is 14.4. The second-order valence-electron chi connectivity index (χ2n) is 4.47. The van der Waals surface area contributed by atoms with Crippen LogP contribution in [0.3, 0.4) is 0 Å². The highest BCUT2D eigenvalue weighted by Gasteiger charge is 2.48. The number of hydrogen-bond donors (Lipinski definition) is 4. The van der Waals surface area contributed by atoms with Crippen molar-refractivity contribution in [3.05, 3.63) is 44.1 Å². The van der Waals surface area contributed by atoms with Gasteiger partial charge in [-0.25, -0.2) is 4.79 Å². The van der Waals surface area contributed by atoms with Gasteiger partial charge in [0, 0.05) is 11.8 Å². The SMILES string of the molecule is Cc1cn([C@]2(C)OC(CO)=C(O)C2O)c(=O)[nH]c1=O. The molecule has 104 valence electrons. The Morgan fingerprint density at radius 1 is 1.53 bits per heavy atom. The van der Waals surface area contributed by atoms with Crippen molar-refractivity contribution in [3.63, 3.8) is 0 Å². The minimum atomic E-state index is -1.63. The molecule has 8 heteroatoms. The van der Waals surface area contributed by atoms with Gasteiger partial charge < -0.3 is 20.1 Å². The van der Waals surface area contributed by atoms with E-state index in [1.165, 1.54) is 20.0 Å². The molecular weight excluding hydrogens is 256 g/mol. The molecule has 0 spiro atoms. The van der Waals surface area contributed by atoms with Crippen molar-refractivity contribution in [1.82, 2.24) is 9.55 Å². The van der Waals surface area contributed by atoms with Crippen LogP contribution in [0.1, 0.15) is 12.5 Å². The standard InChI is InChI=1S/C11H14N2O6/c1-5-3-13(10(18)12-9(5)17)11(2)8(16)7(15)6(4-14)19-11/h3,8,14-16H,4H2,1-2H3,(H,12,17,18)/t8?,11-/m1/s1. The minimum Gasteiger partial charge on any atom is -0.506 e. The maximum Gasteiger partial charge on any atom is 0.331 e. The molecule has 0 amide bonds. The van der Waals surface area contributed by atoms with Gasteiger partial charge in [0.1, 0.15) is 6.61 Å². The van der Waals surface area contributed by atoms with Gasteiger partial charge in [-0.3, -0.25) is 14.3 Å². The maximum atomic E-state index is 11.8. The third kappa shape index (κ3) is 1.85. The van der Waals surface area contributed by atoms with E-state index in [1.807, 2.05) is 0 Å². The molecule has 8 nitrogen and oxygen atoms in total. The van der Waals surface area contributed by atoms with Gasteiger partial charge in [0.15, 0.2) is 17.6 Å². The van der Waals surface area contributed by atoms with Gasteiger partial charge >= 0.3 is 5.69 Å². The Morgan fingerprint density at radius 3 is 2.68 bits per heavy atom. The monoisotopic (exact) mass is 270 g/mol. The number of aliphatic hydroxyl groups is 3. The van der Waals surface area contributed by atoms with Gasteiger partial charge in [-0.2, -0.15) is 0 Å². The van der Waals surface area contributed by atoms with Gasteiger partial charge in [-0.1, -0.05) is 0 Å². The van der Waals surface area contributed by atoms with E-state index in [0.29, 0.717) is 0 Å². The van der Waals surface area contributed by atoms with Gasteiger partial charge in [0.05, 0.1) is 0 Å². The molecule has 2 atom stereocenters. The van der Waals surface area contributed by atoms with E-state index in [-0.39, 0.29) is 11.3 Å². The van der Waals surface area contributed by atoms with Crippen LogP contribution >= 0.6 is 0 Å². The first-order valence-electron chi connectivity index (χ1n) is 5.54. The summed E-state index contributed by atoms with van der Waals surface area (Å²) in [5.41, 5.74) is -2.72. The second kappa shape index (κ2) is 4.25. The summed E-state index contributed by atoms with van der Waals surface area (Å²) in [6.07, 6.45) is -0.310. The molecule has 1 unspecified atom stereocenters. The lowest BCUT2D eigenvalue weighted by Gasteiger charge is -2.30. The van der Waals surface area contributed by atoms with Crippen LogP contribution < -0.4 is 11.2 Å². The third-order valence-corrected chi connectivity index (χ3v) is 3.12. The molecule has 0 radical (unpaired) electrons. The highest BCUT2D eigenvalue weighted by molar-refractivity contribution is 5.18. The number of aromatic amines is 1. The molecule has 2 heterocycles. The summed E-state index contributed by atoms with van der Waals surface area (Å²) < 4.78 is 6.22. The smallest absolute Gasteiger partial charge is 0.331 e. The first kappa shape index (κ1) is 13.4. The fourth-order valence-corrected chi connectivity index (χ4v) is 1.95. The number of aryl methyl sites for hydroxylation is 1. The predicted molar refractivity (Wildman–Crippen MR) is 63.5 cm³/mol. The van der Waals surface area contributed by atoms with E-state index in [0.717, 1.165) is 4.57 Å². The van der Waals surface area contributed by atoms with E-state index in [1.54, 1.807) is 0 Å². The quantitative estimate of drug-likeness (QED) is 0.527. The number of rotatable bonds is 2. The summed E-state index contributed by atoms with van der Waals surface area (Å²) in [6.45, 7) is 2.23. The summed E-state index contributed by atoms with van der Waals surface area (Å²) in [5, 5.41) is 28.6. The zero-order valence-corrected chi connectivity index (χ0v) is 10.4. The molecule has 1 aliphatic heterocycles. The number of nitrogens with zero attached hydrogens (tertiary/aromatic N) is 1. The van der Waals surface area contributed by atoms with Crippen LogP contribution in [0.15, 0.2) is 27.3 Å². The van der Waals surface area contributed by atoms with E-state index in [2.05, 4.69) is 4.98 Å². The molecular formula is C11H14N2O6. The molecule has 0 saturated heterocycles. The lowest BCUT2D eigenvalue weighted by atomic mass is 10.1. The molecule has 1 aromatic rings. The number of ether oxygens (including phenoxy) is 1. The predicted octanol–water partition coefficient (Wildman–Crippen LogP) is -1.33. The summed E-state index contributed by atoms with van der Waals surface area (Å²) in [6, 6.07) is 0. The number of aliphatic hydroxyl groups excluding tert-OH is 3. The molecule has 1 aliphatic rings. The van der Waals surface area contributed by atoms with Crippen molar-refractivity contribution in [2.75, 3.05) is 6.61 Å². The fraction of sp³-hybridized carbons (Fsp3) is 0.455. The van der Waals surface area contributed by atoms with E-state index >= 15 is 0 Å². The summed E-state index contributed by atoms with van der Waals surface area (Å²) in [4.78, 5) is 25.2. The Labute approximate surface area is 107 Å². The lowest BCUT2D eigenvalue weighted by Crippen LogP contribution is -2.49. The summed E-state index contributed by atoms with van der Waals surface area (Å²) in [5.74, 6) is -0.758. The van der Waals surface area contributed by atoms with Crippen LogP contribution in [-0.4, -0.2) is 37.6 Å². The Bertz CT molecular complexity index is 658. The number of nitrogens with one attached hydrogen (secondary N) is 1. The van der Waals surface area contributed by atoms with Crippen LogP contribution in [0, 0.1) is 6.92 Å². The molecule has 0 fully saturated rings. The van der Waals surface area contributed by atoms with Crippen LogP contribution in [0.2, 0.25) is 0 Å². The molecule has 2 rings (SSSR count). The normalized spacial score (nSPS) is 26.6. The molecule has 0 saturated carbocycles. The molecule has 0 aromatic carbocycles. The fourth-order valence-electron chi connectivity index (χ4n) is 1.95. The Balaban J connectivity index is 2.58. The maximum absolute atomic E-state index is 11.8. The Hall–Kier alpha value is -2.06. The third-order valence-electron chi connectivity index (χ3n) is 3.12. The van der Waals surface area contributed by atoms with Crippen molar-refractivity contribution < 1.29 is 20.1 Å². The molecule has 0 bridgehead atoms. The van der Waals surface area contributed by atoms with Crippen LogP contribution in [-0.2, 0) is 10.5 Å². The van der Waals surface area contributed by atoms with Gasteiger partial charge in [-0.05, 0) is 13.8 Å². The van der Waals surface area contributed by atoms with E-state index in [4.69, 9.17) is 9.84 Å². The number of H-pyrrole nitrogens is 1. The lowest BCUT2D eigenvalue weighted by molar-refractivity contribution is -0.109. The topological polar surface area (TPSA) is 125 Å². The van der Waals surface area contributed by atoms with Crippen molar-refractivity contribution >= 4 is 0 Å². The van der Waals surface area contributed by atoms with Crippen molar-refractivity contribution in [3.8, 4) is 0 Å². The molecule has 19 heavy (non-hydrogen) atoms. The highest BCUT2D eigenvalue weighted by Crippen LogP contribution is 2.35. The van der Waals surface area contributed by atoms with Crippen molar-refractivity contribution in [1.29, 1.82) is 0 Å². The first-order chi connectivity index (χ1) is 8.81. The molecule has 4 N–H and O–H groups in total. The summed E-state index contributed by atoms with van der Waals surface area (Å²) >= 11 is 0. The second-order valence-corrected chi connectivity index (χ2v) is 4.47. The van der Waals surface area contributed by atoms with Crippen LogP contribution in [0.25, 0.3) is 0 Å². The van der Waals surface area contributed by atoms with Gasteiger partial charge in [0.25, 0.3) is 5.56 Å². The van der Waals surface area contributed by atoms with Gasteiger partial charge in [0.2, 0.25) is 5.72 Å². The molecule has 0 aliphatic carbocycles. The number of aromatic nitrogens is 2. The highest BCUT2D eigenvalue weighted by atomic mass is 16.6. The average molecular weight is 270 g/mol. The first-order valence-corrected chi connectivity index (χ1v) is 5.54. The molecule has 1 aromatic heterocycles. The average Bonchev–Trinajstić information content (AvgIpc) is 2.59. The van der Waals surface area contributed by atoms with Crippen LogP contribution in [0.5, 0.6) is 0 Å². The van der Waals surface area contributed by atoms with Crippen molar-refractivity contribution in [2.24, 2.45) is 0 Å². The van der Waals surface area contributed by atoms with Crippen molar-refractivity contribution in [2.45, 2.75) is 25.7 Å². The largest absolute Gasteiger partial charge is 0.506 e. The van der Waals surface area contributed by atoms with E-state index < -0.39 is 35.4 Å². The summed E-state index contributed by atoms with van der Waals surface area (Å²) in [7, 11) is 0. The van der Waals surface area contributed by atoms with E-state index in [9.17, 15) is 19.8 Å². The number of hydrogen-bond acceptors (Lipinski definition) is 6. The zero-order valence-electron chi connectivity index (χ0n) is 10.4. The van der Waals surface area contributed by atoms with Gasteiger partial charge in [-0.15, -0.1) is 0 Å². The van der Waals surface area contributed by atoms with Crippen LogP contribution in [0.4, 0.5) is 0 Å². The minimum absolute atomic E-state index is 0.217. The Morgan fingerprint density at radius 2 is 2.16 bits per heavy atom.